The van der Waals surface area contributed by atoms with E-state index in [1.807, 2.05) is 17.0 Å². The number of carbonyl (C=O) groups excluding carboxylic acids is 1. The largest absolute Gasteiger partial charge is 0.496 e. The van der Waals surface area contributed by atoms with E-state index in [9.17, 15) is 4.79 Å². The number of likely N-dealkylation sites (tertiary alicyclic amines) is 2. The molecule has 32 heavy (non-hydrogen) atoms. The van der Waals surface area contributed by atoms with Gasteiger partial charge >= 0.3 is 0 Å². The predicted octanol–water partition coefficient (Wildman–Crippen LogP) is 3.04. The van der Waals surface area contributed by atoms with Gasteiger partial charge in [-0.1, -0.05) is 25.1 Å². The van der Waals surface area contributed by atoms with E-state index in [1.54, 1.807) is 7.11 Å². The second-order valence-corrected chi connectivity index (χ2v) is 8.98. The van der Waals surface area contributed by atoms with E-state index < -0.39 is 0 Å². The molecule has 0 radical (unpaired) electrons. The lowest BCUT2D eigenvalue weighted by atomic mass is 10.00. The van der Waals surface area contributed by atoms with Crippen molar-refractivity contribution in [2.24, 2.45) is 10.9 Å². The fourth-order valence-electron chi connectivity index (χ4n) is 4.79. The third-order valence-electron chi connectivity index (χ3n) is 6.49. The van der Waals surface area contributed by atoms with Gasteiger partial charge in [-0.15, -0.1) is 0 Å². The quantitative estimate of drug-likeness (QED) is 0.454. The summed E-state index contributed by atoms with van der Waals surface area (Å²) in [6.45, 7) is 10.3. The molecule has 2 fully saturated rings. The second-order valence-electron chi connectivity index (χ2n) is 8.98. The number of para-hydroxylation sites is 1. The van der Waals surface area contributed by atoms with Crippen molar-refractivity contribution in [3.8, 4) is 5.75 Å². The van der Waals surface area contributed by atoms with Crippen LogP contribution in [0, 0.1) is 5.92 Å². The number of ether oxygens (including phenoxy) is 1. The summed E-state index contributed by atoms with van der Waals surface area (Å²) in [5.74, 6) is 2.53. The van der Waals surface area contributed by atoms with Crippen LogP contribution >= 0.6 is 0 Å². The minimum Gasteiger partial charge on any atom is -0.496 e. The zero-order valence-corrected chi connectivity index (χ0v) is 20.1. The molecule has 2 unspecified atom stereocenters. The van der Waals surface area contributed by atoms with Crippen LogP contribution in [0.1, 0.15) is 57.6 Å². The Balaban J connectivity index is 1.61. The first kappa shape index (κ1) is 24.4. The zero-order valence-electron chi connectivity index (χ0n) is 20.1. The van der Waals surface area contributed by atoms with Crippen molar-refractivity contribution in [1.82, 2.24) is 20.4 Å². The number of aliphatic imine (C=N–C) groups is 1. The highest BCUT2D eigenvalue weighted by Crippen LogP contribution is 2.31. The Kier molecular flexibility index (Phi) is 9.65. The number of methoxy groups -OCH3 is 1. The van der Waals surface area contributed by atoms with Crippen molar-refractivity contribution in [2.75, 3.05) is 52.9 Å². The summed E-state index contributed by atoms with van der Waals surface area (Å²) in [7, 11) is 1.73. The fourth-order valence-corrected chi connectivity index (χ4v) is 4.79. The van der Waals surface area contributed by atoms with E-state index in [0.29, 0.717) is 25.4 Å². The van der Waals surface area contributed by atoms with Crippen molar-refractivity contribution in [2.45, 2.75) is 52.0 Å². The Morgan fingerprint density at radius 3 is 2.69 bits per heavy atom. The molecule has 0 aliphatic carbocycles. The van der Waals surface area contributed by atoms with Crippen molar-refractivity contribution >= 4 is 11.9 Å². The molecule has 7 nitrogen and oxygen atoms in total. The molecule has 7 heteroatoms. The van der Waals surface area contributed by atoms with Gasteiger partial charge < -0.3 is 20.3 Å². The van der Waals surface area contributed by atoms with Crippen LogP contribution in [0.4, 0.5) is 0 Å². The minimum absolute atomic E-state index is 0.181. The first-order chi connectivity index (χ1) is 15.6. The maximum atomic E-state index is 12.6. The molecule has 178 valence electrons. The van der Waals surface area contributed by atoms with Gasteiger partial charge in [-0.05, 0) is 57.7 Å². The first-order valence-electron chi connectivity index (χ1n) is 12.3. The summed E-state index contributed by atoms with van der Waals surface area (Å²) in [6, 6.07) is 8.44. The van der Waals surface area contributed by atoms with Gasteiger partial charge in [0.1, 0.15) is 5.75 Å². The maximum absolute atomic E-state index is 12.6. The van der Waals surface area contributed by atoms with E-state index >= 15 is 0 Å². The Labute approximate surface area is 193 Å². The number of hydrogen-bond acceptors (Lipinski definition) is 4. The molecule has 0 bridgehead atoms. The molecule has 0 saturated carbocycles. The monoisotopic (exact) mass is 443 g/mol. The molecule has 2 aliphatic heterocycles. The van der Waals surface area contributed by atoms with Crippen LogP contribution in [0.5, 0.6) is 5.75 Å². The lowest BCUT2D eigenvalue weighted by Gasteiger charge is -2.31. The molecule has 0 spiro atoms. The first-order valence-corrected chi connectivity index (χ1v) is 12.3. The maximum Gasteiger partial charge on any atom is 0.224 e. The molecule has 0 aromatic heterocycles. The van der Waals surface area contributed by atoms with Gasteiger partial charge in [0.25, 0.3) is 0 Å². The number of nitrogens with one attached hydrogen (secondary N) is 2. The minimum atomic E-state index is 0.181. The van der Waals surface area contributed by atoms with E-state index in [-0.39, 0.29) is 11.9 Å². The third-order valence-corrected chi connectivity index (χ3v) is 6.49. The lowest BCUT2D eigenvalue weighted by molar-refractivity contribution is -0.132. The molecule has 2 aliphatic rings. The standard InChI is InChI=1S/C25H41N5O2/c1-4-26-25(27-14-13-24(31)30-17-9-10-20(2)19-30)28-18-22(29-15-7-8-16-29)21-11-5-6-12-23(21)32-3/h5-6,11-12,20,22H,4,7-10,13-19H2,1-3H3,(H2,26,27,28). The zero-order chi connectivity index (χ0) is 22.8. The van der Waals surface area contributed by atoms with Crippen LogP contribution in [0.3, 0.4) is 0 Å². The molecule has 2 saturated heterocycles. The lowest BCUT2D eigenvalue weighted by Crippen LogP contribution is -2.42. The van der Waals surface area contributed by atoms with Gasteiger partial charge in [-0.25, -0.2) is 0 Å². The number of amides is 1. The van der Waals surface area contributed by atoms with Gasteiger partial charge in [0.2, 0.25) is 5.91 Å². The average molecular weight is 444 g/mol. The van der Waals surface area contributed by atoms with E-state index in [1.165, 1.54) is 24.8 Å². The summed E-state index contributed by atoms with van der Waals surface area (Å²) in [5.41, 5.74) is 1.19. The summed E-state index contributed by atoms with van der Waals surface area (Å²) in [6.07, 6.45) is 5.30. The average Bonchev–Trinajstić information content (AvgIpc) is 3.34. The SMILES string of the molecule is CCNC(=NCC(c1ccccc1OC)N1CCCC1)NCCC(=O)N1CCCC(C)C1. The van der Waals surface area contributed by atoms with Crippen LogP contribution in [0.25, 0.3) is 0 Å². The Morgan fingerprint density at radius 1 is 1.19 bits per heavy atom. The van der Waals surface area contributed by atoms with Crippen LogP contribution in [-0.2, 0) is 4.79 Å². The topological polar surface area (TPSA) is 69.2 Å². The molecule has 2 heterocycles. The van der Waals surface area contributed by atoms with Gasteiger partial charge in [0, 0.05) is 38.2 Å². The number of nitrogens with zero attached hydrogens (tertiary/aromatic N) is 3. The van der Waals surface area contributed by atoms with Crippen LogP contribution in [0.2, 0.25) is 0 Å². The fraction of sp³-hybridized carbons (Fsp3) is 0.680. The third kappa shape index (κ3) is 6.86. The number of carbonyl (C=O) groups is 1. The molecule has 1 amide bonds. The number of rotatable bonds is 9. The van der Waals surface area contributed by atoms with Gasteiger partial charge in [0.15, 0.2) is 5.96 Å². The van der Waals surface area contributed by atoms with Gasteiger partial charge in [-0.3, -0.25) is 14.7 Å². The van der Waals surface area contributed by atoms with E-state index in [2.05, 4.69) is 41.5 Å². The molecule has 3 rings (SSSR count). The smallest absolute Gasteiger partial charge is 0.224 e. The van der Waals surface area contributed by atoms with E-state index in [0.717, 1.165) is 50.9 Å². The van der Waals surface area contributed by atoms with Crippen molar-refractivity contribution in [1.29, 1.82) is 0 Å². The molecular weight excluding hydrogens is 402 g/mol. The highest BCUT2D eigenvalue weighted by molar-refractivity contribution is 5.81. The number of hydrogen-bond donors (Lipinski definition) is 2. The normalized spacial score (nSPS) is 20.8. The van der Waals surface area contributed by atoms with Crippen molar-refractivity contribution in [3.63, 3.8) is 0 Å². The van der Waals surface area contributed by atoms with Gasteiger partial charge in [0.05, 0.1) is 19.7 Å². The molecular formula is C25H41N5O2. The highest BCUT2D eigenvalue weighted by Gasteiger charge is 2.26. The number of benzene rings is 1. The second kappa shape index (κ2) is 12.7. The number of piperidine rings is 1. The Morgan fingerprint density at radius 2 is 1.97 bits per heavy atom. The van der Waals surface area contributed by atoms with Crippen molar-refractivity contribution in [3.05, 3.63) is 29.8 Å². The highest BCUT2D eigenvalue weighted by atomic mass is 16.5. The summed E-state index contributed by atoms with van der Waals surface area (Å²) < 4.78 is 5.65. The van der Waals surface area contributed by atoms with Crippen LogP contribution in [-0.4, -0.2) is 74.6 Å². The summed E-state index contributed by atoms with van der Waals surface area (Å²) in [5, 5.41) is 6.70. The van der Waals surface area contributed by atoms with Crippen LogP contribution in [0.15, 0.2) is 29.3 Å². The summed E-state index contributed by atoms with van der Waals surface area (Å²) in [4.78, 5) is 22.0. The summed E-state index contributed by atoms with van der Waals surface area (Å²) >= 11 is 0. The predicted molar refractivity (Wildman–Crippen MR) is 130 cm³/mol. The van der Waals surface area contributed by atoms with Crippen LogP contribution < -0.4 is 15.4 Å². The van der Waals surface area contributed by atoms with E-state index in [4.69, 9.17) is 9.73 Å². The Bertz CT molecular complexity index is 748. The van der Waals surface area contributed by atoms with Gasteiger partial charge in [-0.2, -0.15) is 0 Å². The molecule has 2 atom stereocenters. The Hall–Kier alpha value is -2.28. The molecule has 1 aromatic rings. The molecule has 2 N–H and O–H groups in total. The number of guanidine groups is 1. The molecule has 1 aromatic carbocycles. The van der Waals surface area contributed by atoms with Crippen molar-refractivity contribution < 1.29 is 9.53 Å².